The molecule has 0 spiro atoms. The number of carbonyl (C=O) groups excluding carboxylic acids is 2. The zero-order valence-electron chi connectivity index (χ0n) is 11.4. The molecular formula is C13H25N3O2. The van der Waals surface area contributed by atoms with Gasteiger partial charge in [-0.25, -0.2) is 0 Å². The van der Waals surface area contributed by atoms with Crippen LogP contribution < -0.4 is 16.0 Å². The lowest BCUT2D eigenvalue weighted by atomic mass is 10.3. The Labute approximate surface area is 109 Å². The number of hydrogen-bond donors (Lipinski definition) is 3. The molecule has 0 saturated heterocycles. The van der Waals surface area contributed by atoms with Crippen LogP contribution in [0.2, 0.25) is 0 Å². The molecule has 0 bridgehead atoms. The van der Waals surface area contributed by atoms with Crippen molar-refractivity contribution in [2.24, 2.45) is 0 Å². The van der Waals surface area contributed by atoms with Crippen LogP contribution in [0.4, 0.5) is 0 Å². The molecule has 0 aromatic rings. The largest absolute Gasteiger partial charge is 0.354 e. The zero-order valence-corrected chi connectivity index (χ0v) is 11.4. The third-order valence-electron chi connectivity index (χ3n) is 2.68. The van der Waals surface area contributed by atoms with Crippen LogP contribution in [0.1, 0.15) is 46.0 Å². The molecule has 0 unspecified atom stereocenters. The lowest BCUT2D eigenvalue weighted by Crippen LogP contribution is -2.33. The SMILES string of the molecule is CC(C)NC(=O)CCNCCCC(=O)NC1CC1. The molecule has 0 radical (unpaired) electrons. The average molecular weight is 255 g/mol. The second-order valence-corrected chi connectivity index (χ2v) is 5.17. The number of hydrogen-bond acceptors (Lipinski definition) is 3. The van der Waals surface area contributed by atoms with Gasteiger partial charge in [-0.2, -0.15) is 0 Å². The van der Waals surface area contributed by atoms with Crippen molar-refractivity contribution in [2.45, 2.75) is 58.0 Å². The predicted octanol–water partition coefficient (Wildman–Crippen LogP) is 0.550. The molecule has 3 N–H and O–H groups in total. The summed E-state index contributed by atoms with van der Waals surface area (Å²) in [4.78, 5) is 22.7. The summed E-state index contributed by atoms with van der Waals surface area (Å²) in [5, 5.41) is 8.96. The van der Waals surface area contributed by atoms with E-state index in [4.69, 9.17) is 0 Å². The molecule has 1 aliphatic rings. The summed E-state index contributed by atoms with van der Waals surface area (Å²) in [6.45, 7) is 5.35. The van der Waals surface area contributed by atoms with Crippen molar-refractivity contribution in [3.05, 3.63) is 0 Å². The van der Waals surface area contributed by atoms with Crippen LogP contribution in [0.15, 0.2) is 0 Å². The van der Waals surface area contributed by atoms with Gasteiger partial charge in [-0.3, -0.25) is 9.59 Å². The molecule has 0 heterocycles. The number of carbonyl (C=O) groups is 2. The first-order valence-corrected chi connectivity index (χ1v) is 6.87. The summed E-state index contributed by atoms with van der Waals surface area (Å²) in [5.74, 6) is 0.223. The second-order valence-electron chi connectivity index (χ2n) is 5.17. The van der Waals surface area contributed by atoms with Crippen molar-refractivity contribution in [1.29, 1.82) is 0 Å². The van der Waals surface area contributed by atoms with Gasteiger partial charge < -0.3 is 16.0 Å². The molecule has 0 atom stereocenters. The Kier molecular flexibility index (Phi) is 6.72. The van der Waals surface area contributed by atoms with Gasteiger partial charge >= 0.3 is 0 Å². The van der Waals surface area contributed by atoms with E-state index in [0.717, 1.165) is 25.8 Å². The van der Waals surface area contributed by atoms with E-state index in [2.05, 4.69) is 16.0 Å². The summed E-state index contributed by atoms with van der Waals surface area (Å²) < 4.78 is 0. The molecule has 2 amide bonds. The van der Waals surface area contributed by atoms with Gasteiger partial charge in [0.05, 0.1) is 0 Å². The highest BCUT2D eigenvalue weighted by molar-refractivity contribution is 5.76. The Morgan fingerprint density at radius 3 is 2.44 bits per heavy atom. The Morgan fingerprint density at radius 1 is 1.11 bits per heavy atom. The molecule has 1 fully saturated rings. The Balaban J connectivity index is 1.85. The fourth-order valence-electron chi connectivity index (χ4n) is 1.62. The molecule has 104 valence electrons. The molecule has 1 saturated carbocycles. The fraction of sp³-hybridized carbons (Fsp3) is 0.846. The Morgan fingerprint density at radius 2 is 1.83 bits per heavy atom. The van der Waals surface area contributed by atoms with Crippen molar-refractivity contribution >= 4 is 11.8 Å². The molecule has 0 aliphatic heterocycles. The van der Waals surface area contributed by atoms with Crippen LogP contribution in [-0.4, -0.2) is 37.0 Å². The minimum atomic E-state index is 0.0731. The van der Waals surface area contributed by atoms with Gasteiger partial charge in [-0.1, -0.05) is 0 Å². The quantitative estimate of drug-likeness (QED) is 0.527. The van der Waals surface area contributed by atoms with E-state index in [0.29, 0.717) is 25.4 Å². The van der Waals surface area contributed by atoms with Crippen LogP contribution in [0, 0.1) is 0 Å². The normalized spacial score (nSPS) is 14.6. The van der Waals surface area contributed by atoms with Crippen molar-refractivity contribution in [2.75, 3.05) is 13.1 Å². The average Bonchev–Trinajstić information content (AvgIpc) is 3.06. The lowest BCUT2D eigenvalue weighted by molar-refractivity contribution is -0.122. The first-order valence-electron chi connectivity index (χ1n) is 6.87. The highest BCUT2D eigenvalue weighted by atomic mass is 16.2. The van der Waals surface area contributed by atoms with E-state index < -0.39 is 0 Å². The van der Waals surface area contributed by atoms with Crippen molar-refractivity contribution < 1.29 is 9.59 Å². The van der Waals surface area contributed by atoms with Crippen LogP contribution in [-0.2, 0) is 9.59 Å². The zero-order chi connectivity index (χ0) is 13.4. The van der Waals surface area contributed by atoms with Gasteiger partial charge in [0.1, 0.15) is 0 Å². The Bertz CT molecular complexity index is 255. The summed E-state index contributed by atoms with van der Waals surface area (Å²) in [7, 11) is 0. The maximum absolute atomic E-state index is 11.4. The summed E-state index contributed by atoms with van der Waals surface area (Å²) in [5.41, 5.74) is 0. The van der Waals surface area contributed by atoms with Crippen LogP contribution >= 0.6 is 0 Å². The van der Waals surface area contributed by atoms with Gasteiger partial charge in [0.15, 0.2) is 0 Å². The fourth-order valence-corrected chi connectivity index (χ4v) is 1.62. The molecule has 5 nitrogen and oxygen atoms in total. The van der Waals surface area contributed by atoms with E-state index in [1.807, 2.05) is 13.8 Å². The number of nitrogens with one attached hydrogen (secondary N) is 3. The highest BCUT2D eigenvalue weighted by Crippen LogP contribution is 2.18. The molecule has 18 heavy (non-hydrogen) atoms. The van der Waals surface area contributed by atoms with Crippen LogP contribution in [0.3, 0.4) is 0 Å². The maximum Gasteiger partial charge on any atom is 0.221 e. The van der Waals surface area contributed by atoms with Gasteiger partial charge in [-0.05, 0) is 39.7 Å². The van der Waals surface area contributed by atoms with Crippen LogP contribution in [0.25, 0.3) is 0 Å². The van der Waals surface area contributed by atoms with E-state index in [1.165, 1.54) is 0 Å². The van der Waals surface area contributed by atoms with E-state index in [-0.39, 0.29) is 17.9 Å². The number of rotatable bonds is 9. The monoisotopic (exact) mass is 255 g/mol. The van der Waals surface area contributed by atoms with Gasteiger partial charge in [0.25, 0.3) is 0 Å². The topological polar surface area (TPSA) is 70.2 Å². The number of amides is 2. The Hall–Kier alpha value is -1.10. The van der Waals surface area contributed by atoms with Crippen molar-refractivity contribution in [3.63, 3.8) is 0 Å². The van der Waals surface area contributed by atoms with Gasteiger partial charge in [0, 0.05) is 31.5 Å². The molecule has 1 rings (SSSR count). The minimum absolute atomic E-state index is 0.0731. The summed E-state index contributed by atoms with van der Waals surface area (Å²) in [6, 6.07) is 0.647. The highest BCUT2D eigenvalue weighted by Gasteiger charge is 2.22. The lowest BCUT2D eigenvalue weighted by Gasteiger charge is -2.08. The molecule has 0 aromatic heterocycles. The molecular weight excluding hydrogens is 230 g/mol. The third-order valence-corrected chi connectivity index (χ3v) is 2.68. The van der Waals surface area contributed by atoms with E-state index >= 15 is 0 Å². The third kappa shape index (κ3) is 8.06. The minimum Gasteiger partial charge on any atom is -0.354 e. The summed E-state index contributed by atoms with van der Waals surface area (Å²) >= 11 is 0. The van der Waals surface area contributed by atoms with E-state index in [1.54, 1.807) is 0 Å². The predicted molar refractivity (Wildman–Crippen MR) is 71.2 cm³/mol. The molecule has 5 heteroatoms. The molecule has 0 aromatic carbocycles. The summed E-state index contributed by atoms with van der Waals surface area (Å²) in [6.07, 6.45) is 4.16. The van der Waals surface area contributed by atoms with E-state index in [9.17, 15) is 9.59 Å². The molecule has 1 aliphatic carbocycles. The standard InChI is InChI=1S/C13H25N3O2/c1-10(2)15-13(18)7-9-14-8-3-4-12(17)16-11-5-6-11/h10-11,14H,3-9H2,1-2H3,(H,15,18)(H,16,17). The van der Waals surface area contributed by atoms with Crippen molar-refractivity contribution in [3.8, 4) is 0 Å². The maximum atomic E-state index is 11.4. The smallest absolute Gasteiger partial charge is 0.221 e. The first-order chi connectivity index (χ1) is 8.58. The van der Waals surface area contributed by atoms with Crippen LogP contribution in [0.5, 0.6) is 0 Å². The first kappa shape index (κ1) is 15.0. The van der Waals surface area contributed by atoms with Gasteiger partial charge in [-0.15, -0.1) is 0 Å². The second kappa shape index (κ2) is 8.08. The van der Waals surface area contributed by atoms with Crippen molar-refractivity contribution in [1.82, 2.24) is 16.0 Å². The van der Waals surface area contributed by atoms with Gasteiger partial charge in [0.2, 0.25) is 11.8 Å².